The molecule has 0 aromatic carbocycles. The number of hydrogen-bond acceptors (Lipinski definition) is 10. The minimum absolute atomic E-state index is 0.257. The summed E-state index contributed by atoms with van der Waals surface area (Å²) in [6.45, 7) is 19.6. The first-order valence-electron chi connectivity index (χ1n) is 17.4. The standard InChI is InChI=1S/C40H50N4O8/c1-13-27-19(3)31(41-23(27)7)17-33-21(5)29(25(9)43-33)15-35(45)51-37(39(47)49-11)38(40(48)50-12)52-36(46)16-30-22(6)34(44-26(30)10)18-32-20(4)28(14-2)24(8)42-32/h17-18,37-38,41-42H,13-16H2,1-12H3/t37-,38-/m1/s1. The number of hydrogen-bond donors (Lipinski definition) is 2. The Morgan fingerprint density at radius 3 is 1.25 bits per heavy atom. The summed E-state index contributed by atoms with van der Waals surface area (Å²) in [5.74, 6) is -3.88. The fourth-order valence-corrected chi connectivity index (χ4v) is 6.93. The largest absolute Gasteiger partial charge is 0.466 e. The smallest absolute Gasteiger partial charge is 0.351 e. The summed E-state index contributed by atoms with van der Waals surface area (Å²) in [5, 5.41) is 0. The van der Waals surface area contributed by atoms with Crippen molar-refractivity contribution in [3.63, 3.8) is 0 Å². The number of rotatable bonds is 13. The first kappa shape index (κ1) is 39.5. The Morgan fingerprint density at radius 1 is 0.615 bits per heavy atom. The first-order chi connectivity index (χ1) is 24.6. The van der Waals surface area contributed by atoms with Gasteiger partial charge in [0.05, 0.1) is 38.5 Å². The van der Waals surface area contributed by atoms with Crippen LogP contribution in [0, 0.1) is 27.7 Å². The number of aromatic nitrogens is 2. The zero-order chi connectivity index (χ0) is 38.6. The Kier molecular flexibility index (Phi) is 12.5. The van der Waals surface area contributed by atoms with Gasteiger partial charge in [-0.05, 0) is 125 Å². The monoisotopic (exact) mass is 714 g/mol. The SMILES string of the molecule is CCc1c(C)[nH]c(C=C2N=C(C)C(CC(=O)O[C@@H](C(=O)OC)[C@@H](OC(=O)CC3=C(C)C(=Cc4[nH]c(C)c(CC)c4C)N=C3C)C(=O)OC)=C2C)c1C. The molecule has 4 rings (SSSR count). The van der Waals surface area contributed by atoms with E-state index >= 15 is 0 Å². The van der Waals surface area contributed by atoms with Crippen LogP contribution >= 0.6 is 0 Å². The fraction of sp³-hybridized carbons (Fsp3) is 0.450. The van der Waals surface area contributed by atoms with Gasteiger partial charge in [0.25, 0.3) is 0 Å². The van der Waals surface area contributed by atoms with Gasteiger partial charge >= 0.3 is 23.9 Å². The van der Waals surface area contributed by atoms with Gasteiger partial charge in [-0.1, -0.05) is 13.8 Å². The number of allylic oxidation sites excluding steroid dienone is 2. The van der Waals surface area contributed by atoms with E-state index in [9.17, 15) is 19.2 Å². The van der Waals surface area contributed by atoms with Crippen LogP contribution in [0.3, 0.4) is 0 Å². The van der Waals surface area contributed by atoms with Crippen molar-refractivity contribution in [3.05, 3.63) is 78.7 Å². The molecule has 0 unspecified atom stereocenters. The number of ether oxygens (including phenoxy) is 4. The Morgan fingerprint density at radius 2 is 0.962 bits per heavy atom. The number of nitrogens with zero attached hydrogens (tertiary/aromatic N) is 2. The van der Waals surface area contributed by atoms with Gasteiger partial charge < -0.3 is 28.9 Å². The van der Waals surface area contributed by atoms with E-state index in [0.717, 1.165) is 72.1 Å². The molecule has 2 aromatic rings. The van der Waals surface area contributed by atoms with Crippen molar-refractivity contribution in [3.8, 4) is 0 Å². The number of carbonyl (C=O) groups excluding carboxylic acids is 4. The van der Waals surface area contributed by atoms with Crippen molar-refractivity contribution < 1.29 is 38.1 Å². The van der Waals surface area contributed by atoms with Gasteiger partial charge in [0.15, 0.2) is 0 Å². The normalized spacial score (nSPS) is 17.1. The van der Waals surface area contributed by atoms with Gasteiger partial charge in [-0.3, -0.25) is 19.6 Å². The number of methoxy groups -OCH3 is 2. The van der Waals surface area contributed by atoms with Crippen LogP contribution in [-0.4, -0.2) is 71.7 Å². The summed E-state index contributed by atoms with van der Waals surface area (Å²) < 4.78 is 20.8. The second-order valence-corrected chi connectivity index (χ2v) is 13.1. The molecule has 0 amide bonds. The highest BCUT2D eigenvalue weighted by atomic mass is 16.6. The van der Waals surface area contributed by atoms with Crippen LogP contribution in [0.1, 0.15) is 99.4 Å². The van der Waals surface area contributed by atoms with Crippen molar-refractivity contribution in [1.82, 2.24) is 9.97 Å². The lowest BCUT2D eigenvalue weighted by Crippen LogP contribution is -2.47. The molecule has 4 heterocycles. The summed E-state index contributed by atoms with van der Waals surface area (Å²) in [7, 11) is 2.14. The number of carbonyl (C=O) groups is 4. The van der Waals surface area contributed by atoms with Crippen LogP contribution in [-0.2, 0) is 51.0 Å². The maximum atomic E-state index is 13.4. The van der Waals surface area contributed by atoms with Gasteiger partial charge in [0.2, 0.25) is 12.2 Å². The Balaban J connectivity index is 1.54. The summed E-state index contributed by atoms with van der Waals surface area (Å²) >= 11 is 0. The predicted octanol–water partition coefficient (Wildman–Crippen LogP) is 6.62. The minimum Gasteiger partial charge on any atom is -0.466 e. The molecule has 0 fully saturated rings. The fourth-order valence-electron chi connectivity index (χ4n) is 6.93. The van der Waals surface area contributed by atoms with E-state index in [-0.39, 0.29) is 12.8 Å². The molecule has 278 valence electrons. The molecule has 0 spiro atoms. The van der Waals surface area contributed by atoms with Crippen molar-refractivity contribution in [2.75, 3.05) is 14.2 Å². The third kappa shape index (κ3) is 8.11. The van der Waals surface area contributed by atoms with Crippen LogP contribution in [0.4, 0.5) is 0 Å². The summed E-state index contributed by atoms with van der Waals surface area (Å²) in [5.41, 5.74) is 14.2. The highest BCUT2D eigenvalue weighted by Crippen LogP contribution is 2.33. The summed E-state index contributed by atoms with van der Waals surface area (Å²) in [6.07, 6.45) is 1.32. The van der Waals surface area contributed by atoms with E-state index in [1.807, 2.05) is 39.8 Å². The Hall–Kier alpha value is -5.26. The Labute approximate surface area is 305 Å². The number of aliphatic imine (C=N–C) groups is 2. The molecule has 2 aromatic heterocycles. The van der Waals surface area contributed by atoms with Crippen molar-refractivity contribution in [2.24, 2.45) is 9.98 Å². The van der Waals surface area contributed by atoms with E-state index in [2.05, 4.69) is 47.6 Å². The third-order valence-corrected chi connectivity index (χ3v) is 9.96. The molecular weight excluding hydrogens is 664 g/mol. The third-order valence-electron chi connectivity index (χ3n) is 9.96. The molecule has 2 N–H and O–H groups in total. The van der Waals surface area contributed by atoms with Gasteiger partial charge in [0, 0.05) is 34.2 Å². The molecule has 0 saturated carbocycles. The molecule has 0 saturated heterocycles. The zero-order valence-electron chi connectivity index (χ0n) is 32.3. The number of esters is 4. The van der Waals surface area contributed by atoms with Crippen molar-refractivity contribution in [1.29, 1.82) is 0 Å². The van der Waals surface area contributed by atoms with E-state index in [1.54, 1.807) is 13.8 Å². The van der Waals surface area contributed by atoms with E-state index in [1.165, 1.54) is 11.1 Å². The van der Waals surface area contributed by atoms with Crippen LogP contribution < -0.4 is 0 Å². The molecule has 0 aliphatic carbocycles. The van der Waals surface area contributed by atoms with Gasteiger partial charge in [-0.25, -0.2) is 9.59 Å². The van der Waals surface area contributed by atoms with Crippen LogP contribution in [0.5, 0.6) is 0 Å². The highest BCUT2D eigenvalue weighted by molar-refractivity contribution is 6.07. The molecule has 0 radical (unpaired) electrons. The van der Waals surface area contributed by atoms with Crippen molar-refractivity contribution >= 4 is 47.5 Å². The lowest BCUT2D eigenvalue weighted by atomic mass is 10.0. The average molecular weight is 715 g/mol. The van der Waals surface area contributed by atoms with Gasteiger partial charge in [-0.15, -0.1) is 0 Å². The first-order valence-corrected chi connectivity index (χ1v) is 17.4. The molecular formula is C40H50N4O8. The quantitative estimate of drug-likeness (QED) is 0.173. The predicted molar refractivity (Wildman–Crippen MR) is 200 cm³/mol. The van der Waals surface area contributed by atoms with Crippen LogP contribution in [0.2, 0.25) is 0 Å². The number of nitrogens with one attached hydrogen (secondary N) is 2. The van der Waals surface area contributed by atoms with E-state index < -0.39 is 36.1 Å². The molecule has 12 nitrogen and oxygen atoms in total. The Bertz CT molecular complexity index is 1850. The lowest BCUT2D eigenvalue weighted by molar-refractivity contribution is -0.189. The number of H-pyrrole nitrogens is 2. The maximum Gasteiger partial charge on any atom is 0.351 e. The van der Waals surface area contributed by atoms with Crippen LogP contribution in [0.25, 0.3) is 12.2 Å². The second kappa shape index (κ2) is 16.4. The zero-order valence-corrected chi connectivity index (χ0v) is 32.3. The summed E-state index contributed by atoms with van der Waals surface area (Å²) in [6, 6.07) is 0. The molecule has 2 atom stereocenters. The highest BCUT2D eigenvalue weighted by Gasteiger charge is 2.42. The van der Waals surface area contributed by atoms with Gasteiger partial charge in [-0.2, -0.15) is 0 Å². The molecule has 2 aliphatic rings. The topological polar surface area (TPSA) is 161 Å². The van der Waals surface area contributed by atoms with E-state index in [0.29, 0.717) is 34.0 Å². The van der Waals surface area contributed by atoms with Gasteiger partial charge in [0.1, 0.15) is 0 Å². The molecule has 12 heteroatoms. The van der Waals surface area contributed by atoms with E-state index in [4.69, 9.17) is 18.9 Å². The molecule has 0 bridgehead atoms. The maximum absolute atomic E-state index is 13.4. The summed E-state index contributed by atoms with van der Waals surface area (Å²) in [4.78, 5) is 68.8. The van der Waals surface area contributed by atoms with Crippen LogP contribution in [0.15, 0.2) is 43.7 Å². The number of aryl methyl sites for hydroxylation is 2. The van der Waals surface area contributed by atoms with Crippen molar-refractivity contribution in [2.45, 2.75) is 107 Å². The second-order valence-electron chi connectivity index (χ2n) is 13.1. The average Bonchev–Trinajstić information content (AvgIpc) is 3.73. The lowest BCUT2D eigenvalue weighted by Gasteiger charge is -2.23. The number of aromatic amines is 2. The molecule has 52 heavy (non-hydrogen) atoms. The molecule has 2 aliphatic heterocycles. The minimum atomic E-state index is -1.92.